The lowest BCUT2D eigenvalue weighted by molar-refractivity contribution is -0.386. The Labute approximate surface area is 211 Å². The molecule has 0 saturated carbocycles. The van der Waals surface area contributed by atoms with E-state index in [4.69, 9.17) is 4.74 Å². The number of urea groups is 1. The normalized spacial score (nSPS) is 22.5. The molecule has 3 aliphatic heterocycles. The topological polar surface area (TPSA) is 144 Å². The first-order valence-corrected chi connectivity index (χ1v) is 12.2. The number of ether oxygens (including phenoxy) is 1. The summed E-state index contributed by atoms with van der Waals surface area (Å²) < 4.78 is 6.60. The van der Waals surface area contributed by atoms with Crippen LogP contribution in [0.4, 0.5) is 10.5 Å². The van der Waals surface area contributed by atoms with Gasteiger partial charge in [-0.3, -0.25) is 29.4 Å². The molecule has 0 spiro atoms. The zero-order valence-corrected chi connectivity index (χ0v) is 20.3. The molecule has 2 bridgehead atoms. The van der Waals surface area contributed by atoms with Crippen molar-refractivity contribution in [2.24, 2.45) is 5.92 Å². The molecule has 4 heterocycles. The van der Waals surface area contributed by atoms with E-state index in [1.54, 1.807) is 42.3 Å². The summed E-state index contributed by atoms with van der Waals surface area (Å²) in [4.78, 5) is 64.2. The van der Waals surface area contributed by atoms with Crippen molar-refractivity contribution >= 4 is 23.5 Å². The predicted molar refractivity (Wildman–Crippen MR) is 130 cm³/mol. The molecular formula is C25H27N5O7. The Morgan fingerprint density at radius 1 is 1.11 bits per heavy atom. The number of hydrogen-bond acceptors (Lipinski definition) is 7. The molecule has 5 rings (SSSR count). The van der Waals surface area contributed by atoms with Gasteiger partial charge in [0.1, 0.15) is 11.8 Å². The van der Waals surface area contributed by atoms with Gasteiger partial charge in [0, 0.05) is 43.7 Å². The van der Waals surface area contributed by atoms with Crippen LogP contribution in [0.5, 0.6) is 5.75 Å². The van der Waals surface area contributed by atoms with Gasteiger partial charge in [-0.05, 0) is 42.5 Å². The monoisotopic (exact) mass is 509 g/mol. The fourth-order valence-corrected chi connectivity index (χ4v) is 5.54. The number of imide groups is 1. The van der Waals surface area contributed by atoms with Crippen LogP contribution in [0, 0.1) is 16.0 Å². The Balaban J connectivity index is 1.19. The number of carbonyl (C=O) groups excluding carboxylic acids is 3. The summed E-state index contributed by atoms with van der Waals surface area (Å²) in [5.74, 6) is 0.124. The number of nitrogens with zero attached hydrogens (tertiary/aromatic N) is 4. The quantitative estimate of drug-likeness (QED) is 0.339. The van der Waals surface area contributed by atoms with Gasteiger partial charge in [0.2, 0.25) is 5.91 Å². The average Bonchev–Trinajstić information content (AvgIpc) is 3.15. The average molecular weight is 510 g/mol. The maximum absolute atomic E-state index is 13.0. The fraction of sp³-hybridized carbons (Fsp3) is 0.440. The standard InChI is InChI=1S/C25H27N5O7/c1-37-18-4-2-15(3-5-18)12-29-23(32)19(26-25(29)34)6-9-22(31)27-11-16-10-17(14-27)20-7-8-21(30(35)36)24(33)28(20)13-16/h2-5,7-8,16-17,19H,6,9-14H2,1H3,(H,26,34)/t16-,17+,19+/m1/s1. The van der Waals surface area contributed by atoms with Crippen LogP contribution in [0.25, 0.3) is 0 Å². The van der Waals surface area contributed by atoms with Gasteiger partial charge in [-0.1, -0.05) is 12.1 Å². The minimum atomic E-state index is -0.765. The Kier molecular flexibility index (Phi) is 6.40. The maximum Gasteiger partial charge on any atom is 0.334 e. The van der Waals surface area contributed by atoms with Crippen molar-refractivity contribution in [3.63, 3.8) is 0 Å². The lowest BCUT2D eigenvalue weighted by Crippen LogP contribution is -2.49. The molecule has 3 aliphatic rings. The van der Waals surface area contributed by atoms with E-state index in [-0.39, 0.29) is 43.0 Å². The van der Waals surface area contributed by atoms with Gasteiger partial charge in [0.25, 0.3) is 5.91 Å². The third-order valence-electron chi connectivity index (χ3n) is 7.39. The molecule has 4 amide bonds. The molecular weight excluding hydrogens is 482 g/mol. The highest BCUT2D eigenvalue weighted by Crippen LogP contribution is 2.36. The van der Waals surface area contributed by atoms with Crippen LogP contribution in [0.1, 0.15) is 36.4 Å². The van der Waals surface area contributed by atoms with E-state index in [0.717, 1.165) is 16.9 Å². The highest BCUT2D eigenvalue weighted by atomic mass is 16.6. The SMILES string of the molecule is COc1ccc(CN2C(=O)N[C@@H](CCC(=O)N3C[C@H]4C[C@@H](C3)c3ccc([N+](=O)[O-])c(=O)n3C4)C2=O)cc1. The summed E-state index contributed by atoms with van der Waals surface area (Å²) in [5.41, 5.74) is 0.440. The molecule has 1 N–H and O–H groups in total. The molecule has 37 heavy (non-hydrogen) atoms. The number of nitrogens with one attached hydrogen (secondary N) is 1. The number of likely N-dealkylation sites (tertiary alicyclic amines) is 1. The van der Waals surface area contributed by atoms with Crippen LogP contribution >= 0.6 is 0 Å². The highest BCUT2D eigenvalue weighted by molar-refractivity contribution is 6.04. The molecule has 12 nitrogen and oxygen atoms in total. The van der Waals surface area contributed by atoms with Gasteiger partial charge < -0.3 is 19.5 Å². The van der Waals surface area contributed by atoms with Crippen molar-refractivity contribution in [3.05, 3.63) is 68.1 Å². The summed E-state index contributed by atoms with van der Waals surface area (Å²) in [6, 6.07) is 8.68. The molecule has 2 aromatic rings. The van der Waals surface area contributed by atoms with Gasteiger partial charge in [-0.2, -0.15) is 0 Å². The molecule has 2 fully saturated rings. The molecule has 0 unspecified atom stereocenters. The van der Waals surface area contributed by atoms with Gasteiger partial charge in [0.15, 0.2) is 0 Å². The lowest BCUT2D eigenvalue weighted by Gasteiger charge is -2.42. The number of methoxy groups -OCH3 is 1. The number of benzene rings is 1. The number of carbonyl (C=O) groups is 3. The first-order chi connectivity index (χ1) is 17.7. The first-order valence-electron chi connectivity index (χ1n) is 12.2. The Bertz CT molecular complexity index is 1320. The van der Waals surface area contributed by atoms with Crippen LogP contribution in [0.15, 0.2) is 41.2 Å². The van der Waals surface area contributed by atoms with Gasteiger partial charge in [-0.15, -0.1) is 0 Å². The number of piperidine rings is 1. The van der Waals surface area contributed by atoms with E-state index in [1.165, 1.54) is 10.6 Å². The second-order valence-corrected chi connectivity index (χ2v) is 9.73. The van der Waals surface area contributed by atoms with Crippen LogP contribution < -0.4 is 15.6 Å². The number of amides is 4. The minimum Gasteiger partial charge on any atom is -0.497 e. The fourth-order valence-electron chi connectivity index (χ4n) is 5.54. The van der Waals surface area contributed by atoms with Crippen LogP contribution in [-0.2, 0) is 22.7 Å². The summed E-state index contributed by atoms with van der Waals surface area (Å²) in [7, 11) is 1.56. The van der Waals surface area contributed by atoms with E-state index in [9.17, 15) is 29.3 Å². The summed E-state index contributed by atoms with van der Waals surface area (Å²) >= 11 is 0. The van der Waals surface area contributed by atoms with Crippen molar-refractivity contribution in [2.45, 2.75) is 44.3 Å². The Morgan fingerprint density at radius 3 is 2.57 bits per heavy atom. The van der Waals surface area contributed by atoms with Gasteiger partial charge >= 0.3 is 17.3 Å². The Hall–Kier alpha value is -4.22. The lowest BCUT2D eigenvalue weighted by atomic mass is 9.83. The molecule has 2 saturated heterocycles. The molecule has 194 valence electrons. The number of aromatic nitrogens is 1. The van der Waals surface area contributed by atoms with Crippen molar-refractivity contribution in [1.82, 2.24) is 19.7 Å². The second-order valence-electron chi connectivity index (χ2n) is 9.73. The third kappa shape index (κ3) is 4.66. The van der Waals surface area contributed by atoms with E-state index in [2.05, 4.69) is 5.32 Å². The molecule has 3 atom stereocenters. The zero-order chi connectivity index (χ0) is 26.3. The van der Waals surface area contributed by atoms with Crippen molar-refractivity contribution in [1.29, 1.82) is 0 Å². The van der Waals surface area contributed by atoms with Crippen LogP contribution in [0.3, 0.4) is 0 Å². The minimum absolute atomic E-state index is 0.0164. The summed E-state index contributed by atoms with van der Waals surface area (Å²) in [5, 5.41) is 13.8. The smallest absolute Gasteiger partial charge is 0.334 e. The van der Waals surface area contributed by atoms with Crippen LogP contribution in [0.2, 0.25) is 0 Å². The van der Waals surface area contributed by atoms with Crippen LogP contribution in [-0.4, -0.2) is 63.4 Å². The Morgan fingerprint density at radius 2 is 1.86 bits per heavy atom. The number of fused-ring (bicyclic) bond motifs is 4. The van der Waals surface area contributed by atoms with Gasteiger partial charge in [-0.25, -0.2) is 4.79 Å². The van der Waals surface area contributed by atoms with Crippen molar-refractivity contribution in [2.75, 3.05) is 20.2 Å². The molecule has 1 aromatic carbocycles. The molecule has 0 aliphatic carbocycles. The zero-order valence-electron chi connectivity index (χ0n) is 20.3. The van der Waals surface area contributed by atoms with E-state index in [1.807, 2.05) is 0 Å². The number of nitro groups is 1. The second kappa shape index (κ2) is 9.68. The predicted octanol–water partition coefficient (Wildman–Crippen LogP) is 1.61. The molecule has 1 aromatic heterocycles. The van der Waals surface area contributed by atoms with E-state index >= 15 is 0 Å². The van der Waals surface area contributed by atoms with Gasteiger partial charge in [0.05, 0.1) is 18.6 Å². The summed E-state index contributed by atoms with van der Waals surface area (Å²) in [6.45, 7) is 1.30. The largest absolute Gasteiger partial charge is 0.497 e. The first kappa shape index (κ1) is 24.5. The maximum atomic E-state index is 13.0. The van der Waals surface area contributed by atoms with E-state index < -0.39 is 28.2 Å². The van der Waals surface area contributed by atoms with E-state index in [0.29, 0.717) is 31.1 Å². The number of rotatable bonds is 7. The highest BCUT2D eigenvalue weighted by Gasteiger charge is 2.40. The number of hydrogen-bond donors (Lipinski definition) is 1. The van der Waals surface area contributed by atoms with Crippen molar-refractivity contribution in [3.8, 4) is 5.75 Å². The summed E-state index contributed by atoms with van der Waals surface area (Å²) in [6.07, 6.45) is 1.09. The molecule has 0 radical (unpaired) electrons. The third-order valence-corrected chi connectivity index (χ3v) is 7.39. The number of pyridine rings is 1. The van der Waals surface area contributed by atoms with Crippen molar-refractivity contribution < 1.29 is 24.0 Å². The molecule has 12 heteroatoms.